The van der Waals surface area contributed by atoms with E-state index in [4.69, 9.17) is 11.5 Å². The van der Waals surface area contributed by atoms with Crippen LogP contribution >= 0.6 is 23.5 Å². The Bertz CT molecular complexity index is 350. The van der Waals surface area contributed by atoms with Gasteiger partial charge in [0.15, 0.2) is 0 Å². The SMILES string of the molecule is CCSC1=CC(SCC)=C(N)C(CC)C1(N)CC. The summed E-state index contributed by atoms with van der Waals surface area (Å²) < 4.78 is 0. The fourth-order valence-corrected chi connectivity index (χ4v) is 4.54. The van der Waals surface area contributed by atoms with Gasteiger partial charge < -0.3 is 11.5 Å². The molecule has 0 aliphatic heterocycles. The molecule has 0 aromatic carbocycles. The molecule has 0 heterocycles. The molecule has 0 aromatic rings. The molecule has 4 heteroatoms. The molecule has 0 saturated heterocycles. The first-order valence-electron chi connectivity index (χ1n) is 6.81. The van der Waals surface area contributed by atoms with Crippen molar-refractivity contribution in [3.8, 4) is 0 Å². The first kappa shape index (κ1) is 16.0. The predicted molar refractivity (Wildman–Crippen MR) is 86.6 cm³/mol. The Morgan fingerprint density at radius 2 is 1.78 bits per heavy atom. The van der Waals surface area contributed by atoms with Crippen LogP contribution in [-0.2, 0) is 0 Å². The molecule has 0 fully saturated rings. The Kier molecular flexibility index (Phi) is 6.15. The van der Waals surface area contributed by atoms with Gasteiger partial charge in [-0.15, -0.1) is 23.5 Å². The number of allylic oxidation sites excluding steroid dienone is 1. The van der Waals surface area contributed by atoms with Crippen molar-refractivity contribution in [3.63, 3.8) is 0 Å². The minimum atomic E-state index is -0.267. The van der Waals surface area contributed by atoms with Crippen LogP contribution in [0.2, 0.25) is 0 Å². The zero-order valence-corrected chi connectivity index (χ0v) is 13.6. The van der Waals surface area contributed by atoms with Crippen LogP contribution in [0, 0.1) is 5.92 Å². The van der Waals surface area contributed by atoms with E-state index < -0.39 is 0 Å². The van der Waals surface area contributed by atoms with Crippen molar-refractivity contribution < 1.29 is 0 Å². The van der Waals surface area contributed by atoms with E-state index in [1.54, 1.807) is 0 Å². The highest BCUT2D eigenvalue weighted by molar-refractivity contribution is 8.04. The molecule has 0 radical (unpaired) electrons. The van der Waals surface area contributed by atoms with Crippen molar-refractivity contribution >= 4 is 23.5 Å². The van der Waals surface area contributed by atoms with Gasteiger partial charge in [-0.2, -0.15) is 0 Å². The third-order valence-electron chi connectivity index (χ3n) is 3.60. The van der Waals surface area contributed by atoms with Crippen molar-refractivity contribution in [2.24, 2.45) is 17.4 Å². The predicted octanol–water partition coefficient (Wildman–Crippen LogP) is 3.69. The summed E-state index contributed by atoms with van der Waals surface area (Å²) >= 11 is 3.70. The molecule has 0 bridgehead atoms. The quantitative estimate of drug-likeness (QED) is 0.782. The molecular weight excluding hydrogens is 260 g/mol. The Balaban J connectivity index is 3.21. The van der Waals surface area contributed by atoms with E-state index in [9.17, 15) is 0 Å². The normalized spacial score (nSPS) is 28.5. The fraction of sp³-hybridized carbons (Fsp3) is 0.714. The second-order valence-corrected chi connectivity index (χ2v) is 7.16. The van der Waals surface area contributed by atoms with E-state index >= 15 is 0 Å². The van der Waals surface area contributed by atoms with E-state index in [2.05, 4.69) is 33.8 Å². The lowest BCUT2D eigenvalue weighted by molar-refractivity contribution is 0.344. The molecule has 0 saturated carbocycles. The van der Waals surface area contributed by atoms with Gasteiger partial charge in [-0.05, 0) is 30.4 Å². The van der Waals surface area contributed by atoms with Crippen LogP contribution in [0.1, 0.15) is 40.5 Å². The highest BCUT2D eigenvalue weighted by Gasteiger charge is 2.41. The third kappa shape index (κ3) is 2.91. The molecule has 2 atom stereocenters. The number of thioether (sulfide) groups is 2. The molecule has 0 aromatic heterocycles. The van der Waals surface area contributed by atoms with Crippen LogP contribution in [0.3, 0.4) is 0 Å². The highest BCUT2D eigenvalue weighted by Crippen LogP contribution is 2.45. The summed E-state index contributed by atoms with van der Waals surface area (Å²) in [6.07, 6.45) is 4.17. The second kappa shape index (κ2) is 6.92. The van der Waals surface area contributed by atoms with Crippen LogP contribution in [-0.4, -0.2) is 17.0 Å². The average molecular weight is 287 g/mol. The number of hydrogen-bond donors (Lipinski definition) is 2. The maximum Gasteiger partial charge on any atom is 0.0551 e. The first-order valence-corrected chi connectivity index (χ1v) is 8.78. The topological polar surface area (TPSA) is 52.0 Å². The molecule has 2 unspecified atom stereocenters. The number of hydrogen-bond acceptors (Lipinski definition) is 4. The Morgan fingerprint density at radius 1 is 1.17 bits per heavy atom. The van der Waals surface area contributed by atoms with Crippen LogP contribution in [0.15, 0.2) is 21.6 Å². The maximum absolute atomic E-state index is 6.68. The molecule has 0 spiro atoms. The van der Waals surface area contributed by atoms with Crippen molar-refractivity contribution in [3.05, 3.63) is 21.6 Å². The van der Waals surface area contributed by atoms with Crippen LogP contribution in [0.25, 0.3) is 0 Å². The van der Waals surface area contributed by atoms with E-state index in [0.717, 1.165) is 30.0 Å². The average Bonchev–Trinajstić information content (AvgIpc) is 2.36. The summed E-state index contributed by atoms with van der Waals surface area (Å²) in [6.45, 7) is 8.69. The summed E-state index contributed by atoms with van der Waals surface area (Å²) in [4.78, 5) is 2.54. The van der Waals surface area contributed by atoms with E-state index in [0.29, 0.717) is 0 Å². The largest absolute Gasteiger partial charge is 0.401 e. The van der Waals surface area contributed by atoms with Crippen LogP contribution in [0.4, 0.5) is 0 Å². The molecule has 1 rings (SSSR count). The minimum Gasteiger partial charge on any atom is -0.401 e. The second-order valence-electron chi connectivity index (χ2n) is 4.55. The molecule has 2 nitrogen and oxygen atoms in total. The van der Waals surface area contributed by atoms with Gasteiger partial charge >= 0.3 is 0 Å². The van der Waals surface area contributed by atoms with Gasteiger partial charge in [0.1, 0.15) is 0 Å². The lowest BCUT2D eigenvalue weighted by Crippen LogP contribution is -2.51. The first-order chi connectivity index (χ1) is 8.54. The van der Waals surface area contributed by atoms with E-state index in [1.165, 1.54) is 9.81 Å². The lowest BCUT2D eigenvalue weighted by Gasteiger charge is -2.42. The van der Waals surface area contributed by atoms with Gasteiger partial charge in [0, 0.05) is 21.4 Å². The van der Waals surface area contributed by atoms with Crippen molar-refractivity contribution in [1.82, 2.24) is 0 Å². The van der Waals surface area contributed by atoms with Crippen LogP contribution < -0.4 is 11.5 Å². The summed E-state index contributed by atoms with van der Waals surface area (Å²) in [7, 11) is 0. The summed E-state index contributed by atoms with van der Waals surface area (Å²) in [5.74, 6) is 2.39. The van der Waals surface area contributed by atoms with Gasteiger partial charge in [-0.3, -0.25) is 0 Å². The minimum absolute atomic E-state index is 0.267. The monoisotopic (exact) mass is 286 g/mol. The molecule has 1 aliphatic rings. The van der Waals surface area contributed by atoms with Gasteiger partial charge in [0.25, 0.3) is 0 Å². The summed E-state index contributed by atoms with van der Waals surface area (Å²) in [6, 6.07) is 0. The van der Waals surface area contributed by atoms with Gasteiger partial charge in [0.2, 0.25) is 0 Å². The van der Waals surface area contributed by atoms with Crippen molar-refractivity contribution in [2.75, 3.05) is 11.5 Å². The fourth-order valence-electron chi connectivity index (χ4n) is 2.57. The molecular formula is C14H26N2S2. The van der Waals surface area contributed by atoms with Gasteiger partial charge in [-0.1, -0.05) is 27.7 Å². The van der Waals surface area contributed by atoms with E-state index in [-0.39, 0.29) is 11.5 Å². The molecule has 104 valence electrons. The Morgan fingerprint density at radius 3 is 2.22 bits per heavy atom. The zero-order chi connectivity index (χ0) is 13.8. The smallest absolute Gasteiger partial charge is 0.0551 e. The highest BCUT2D eigenvalue weighted by atomic mass is 32.2. The van der Waals surface area contributed by atoms with Gasteiger partial charge in [-0.25, -0.2) is 0 Å². The maximum atomic E-state index is 6.68. The Hall–Kier alpha value is -0.0600. The van der Waals surface area contributed by atoms with E-state index in [1.807, 2.05) is 23.5 Å². The lowest BCUT2D eigenvalue weighted by atomic mass is 9.75. The van der Waals surface area contributed by atoms with Crippen LogP contribution in [0.5, 0.6) is 0 Å². The summed E-state index contributed by atoms with van der Waals surface area (Å²) in [5.41, 5.74) is 13.8. The van der Waals surface area contributed by atoms with Crippen molar-refractivity contribution in [2.45, 2.75) is 46.1 Å². The molecule has 18 heavy (non-hydrogen) atoms. The third-order valence-corrected chi connectivity index (χ3v) is 5.65. The van der Waals surface area contributed by atoms with Crippen molar-refractivity contribution in [1.29, 1.82) is 0 Å². The van der Waals surface area contributed by atoms with Gasteiger partial charge in [0.05, 0.1) is 5.54 Å². The molecule has 4 N–H and O–H groups in total. The molecule has 1 aliphatic carbocycles. The number of nitrogens with two attached hydrogens (primary N) is 2. The Labute approximate surface area is 120 Å². The zero-order valence-electron chi connectivity index (χ0n) is 12.0. The number of rotatable bonds is 6. The molecule has 0 amide bonds. The summed E-state index contributed by atoms with van der Waals surface area (Å²) in [5, 5.41) is 0. The standard InChI is InChI=1S/C14H26N2S2/c1-5-10-13(15)11(17-7-3)9-12(18-8-4)14(10,16)6-2/h9-10H,5-8,15-16H2,1-4H3.